The summed E-state index contributed by atoms with van der Waals surface area (Å²) in [5.74, 6) is 0. The van der Waals surface area contributed by atoms with E-state index in [2.05, 4.69) is 37.4 Å². The van der Waals surface area contributed by atoms with Gasteiger partial charge in [0.2, 0.25) is 0 Å². The molecule has 0 radical (unpaired) electrons. The molecule has 0 saturated carbocycles. The lowest BCUT2D eigenvalue weighted by molar-refractivity contribution is 0.625. The molecule has 0 unspecified atom stereocenters. The maximum atomic E-state index is 5.44. The van der Waals surface area contributed by atoms with Crippen molar-refractivity contribution in [3.05, 3.63) is 34.9 Å². The van der Waals surface area contributed by atoms with Crippen molar-refractivity contribution in [1.29, 1.82) is 0 Å². The molecule has 0 aliphatic carbocycles. The third-order valence-corrected chi connectivity index (χ3v) is 2.75. The van der Waals surface area contributed by atoms with Gasteiger partial charge in [-0.3, -0.25) is 0 Å². The molecule has 0 aliphatic rings. The van der Waals surface area contributed by atoms with Gasteiger partial charge in [-0.05, 0) is 56.5 Å². The van der Waals surface area contributed by atoms with Gasteiger partial charge in [-0.2, -0.15) is 0 Å². The molecule has 0 amide bonds. The van der Waals surface area contributed by atoms with Gasteiger partial charge in [-0.15, -0.1) is 0 Å². The molecule has 1 aromatic carbocycles. The maximum Gasteiger partial charge on any atom is 0.0210 e. The molecule has 0 atom stereocenters. The number of hydrogen-bond donors (Lipinski definition) is 2. The van der Waals surface area contributed by atoms with Crippen LogP contribution in [0.15, 0.2) is 18.2 Å². The van der Waals surface area contributed by atoms with Crippen molar-refractivity contribution >= 4 is 0 Å². The Hall–Kier alpha value is -0.860. The number of hydrogen-bond acceptors (Lipinski definition) is 2. The van der Waals surface area contributed by atoms with Gasteiger partial charge in [0.1, 0.15) is 0 Å². The van der Waals surface area contributed by atoms with E-state index in [1.165, 1.54) is 23.1 Å². The van der Waals surface area contributed by atoms with Crippen LogP contribution in [0.4, 0.5) is 0 Å². The van der Waals surface area contributed by atoms with Gasteiger partial charge in [0.15, 0.2) is 0 Å². The lowest BCUT2D eigenvalue weighted by Crippen LogP contribution is -2.17. The average molecular weight is 206 g/mol. The fraction of sp³-hybridized carbons (Fsp3) is 0.538. The standard InChI is InChI=1S/C13H22N2/c1-11-6-5-7-12(2)13(11)10-15-9-4-3-8-14/h5-7,15H,3-4,8-10,14H2,1-2H3. The van der Waals surface area contributed by atoms with Crippen molar-refractivity contribution < 1.29 is 0 Å². The predicted octanol–water partition coefficient (Wildman–Crippen LogP) is 2.13. The van der Waals surface area contributed by atoms with E-state index in [-0.39, 0.29) is 0 Å². The molecule has 0 saturated heterocycles. The Labute approximate surface area is 92.9 Å². The molecule has 1 aromatic rings. The van der Waals surface area contributed by atoms with Gasteiger partial charge < -0.3 is 11.1 Å². The van der Waals surface area contributed by atoms with E-state index >= 15 is 0 Å². The minimum absolute atomic E-state index is 0.797. The van der Waals surface area contributed by atoms with E-state index in [1.807, 2.05) is 0 Å². The van der Waals surface area contributed by atoms with E-state index in [4.69, 9.17) is 5.73 Å². The molecule has 2 heteroatoms. The van der Waals surface area contributed by atoms with Crippen molar-refractivity contribution in [3.8, 4) is 0 Å². The van der Waals surface area contributed by atoms with E-state index in [0.717, 1.165) is 26.1 Å². The molecule has 0 fully saturated rings. The smallest absolute Gasteiger partial charge is 0.0210 e. The van der Waals surface area contributed by atoms with Crippen molar-refractivity contribution in [2.24, 2.45) is 5.73 Å². The number of nitrogens with one attached hydrogen (secondary N) is 1. The summed E-state index contributed by atoms with van der Waals surface area (Å²) < 4.78 is 0. The van der Waals surface area contributed by atoms with Crippen LogP contribution in [0.3, 0.4) is 0 Å². The Morgan fingerprint density at radius 2 is 1.80 bits per heavy atom. The molecule has 2 nitrogen and oxygen atoms in total. The Morgan fingerprint density at radius 1 is 1.13 bits per heavy atom. The summed E-state index contributed by atoms with van der Waals surface area (Å²) in [4.78, 5) is 0. The lowest BCUT2D eigenvalue weighted by atomic mass is 10.0. The highest BCUT2D eigenvalue weighted by Crippen LogP contribution is 2.12. The van der Waals surface area contributed by atoms with Gasteiger partial charge in [0, 0.05) is 6.54 Å². The number of aryl methyl sites for hydroxylation is 2. The van der Waals surface area contributed by atoms with E-state index in [1.54, 1.807) is 0 Å². The minimum atomic E-state index is 0.797. The van der Waals surface area contributed by atoms with Gasteiger partial charge in [-0.25, -0.2) is 0 Å². The van der Waals surface area contributed by atoms with Gasteiger partial charge >= 0.3 is 0 Å². The Bertz CT molecular complexity index is 274. The van der Waals surface area contributed by atoms with Crippen LogP contribution >= 0.6 is 0 Å². The molecule has 0 bridgehead atoms. The maximum absolute atomic E-state index is 5.44. The highest BCUT2D eigenvalue weighted by atomic mass is 14.8. The largest absolute Gasteiger partial charge is 0.330 e. The molecule has 1 rings (SSSR count). The van der Waals surface area contributed by atoms with Crippen molar-refractivity contribution in [2.75, 3.05) is 13.1 Å². The van der Waals surface area contributed by atoms with Crippen molar-refractivity contribution in [3.63, 3.8) is 0 Å². The number of rotatable bonds is 6. The van der Waals surface area contributed by atoms with E-state index in [0.29, 0.717) is 0 Å². The Morgan fingerprint density at radius 3 is 2.40 bits per heavy atom. The highest BCUT2D eigenvalue weighted by Gasteiger charge is 2.00. The molecule has 3 N–H and O–H groups in total. The third kappa shape index (κ3) is 4.02. The van der Waals surface area contributed by atoms with Gasteiger partial charge in [0.05, 0.1) is 0 Å². The topological polar surface area (TPSA) is 38.0 Å². The Kier molecular flexibility index (Phi) is 5.37. The van der Waals surface area contributed by atoms with Gasteiger partial charge in [0.25, 0.3) is 0 Å². The van der Waals surface area contributed by atoms with Crippen LogP contribution < -0.4 is 11.1 Å². The molecule has 0 aliphatic heterocycles. The van der Waals surface area contributed by atoms with Crippen molar-refractivity contribution in [2.45, 2.75) is 33.2 Å². The van der Waals surface area contributed by atoms with Crippen LogP contribution in [0.25, 0.3) is 0 Å². The molecular formula is C13H22N2. The summed E-state index contributed by atoms with van der Waals surface area (Å²) >= 11 is 0. The zero-order valence-electron chi connectivity index (χ0n) is 9.84. The van der Waals surface area contributed by atoms with Crippen LogP contribution in [-0.2, 0) is 6.54 Å². The SMILES string of the molecule is Cc1cccc(C)c1CNCCCCN. The summed E-state index contributed by atoms with van der Waals surface area (Å²) in [5.41, 5.74) is 9.63. The van der Waals surface area contributed by atoms with Crippen LogP contribution in [0.2, 0.25) is 0 Å². The first-order valence-electron chi connectivity index (χ1n) is 5.71. The highest BCUT2D eigenvalue weighted by molar-refractivity contribution is 5.33. The summed E-state index contributed by atoms with van der Waals surface area (Å²) in [5, 5.41) is 3.46. The normalized spacial score (nSPS) is 10.6. The van der Waals surface area contributed by atoms with Crippen LogP contribution in [0.1, 0.15) is 29.5 Å². The molecule has 0 heterocycles. The molecule has 15 heavy (non-hydrogen) atoms. The zero-order valence-corrected chi connectivity index (χ0v) is 9.84. The second kappa shape index (κ2) is 6.59. The Balaban J connectivity index is 2.37. The monoisotopic (exact) mass is 206 g/mol. The predicted molar refractivity (Wildman–Crippen MR) is 65.9 cm³/mol. The van der Waals surface area contributed by atoms with E-state index in [9.17, 15) is 0 Å². The lowest BCUT2D eigenvalue weighted by Gasteiger charge is -2.10. The summed E-state index contributed by atoms with van der Waals surface area (Å²) in [6.45, 7) is 7.17. The quantitative estimate of drug-likeness (QED) is 0.700. The molecular weight excluding hydrogens is 184 g/mol. The third-order valence-electron chi connectivity index (χ3n) is 2.75. The number of nitrogens with two attached hydrogens (primary N) is 1. The first-order chi connectivity index (χ1) is 7.25. The number of benzene rings is 1. The van der Waals surface area contributed by atoms with Crippen LogP contribution in [-0.4, -0.2) is 13.1 Å². The molecule has 0 spiro atoms. The first-order valence-corrected chi connectivity index (χ1v) is 5.71. The van der Waals surface area contributed by atoms with Gasteiger partial charge in [-0.1, -0.05) is 18.2 Å². The average Bonchev–Trinajstić information content (AvgIpc) is 2.21. The molecule has 84 valence electrons. The van der Waals surface area contributed by atoms with Crippen LogP contribution in [0.5, 0.6) is 0 Å². The van der Waals surface area contributed by atoms with E-state index < -0.39 is 0 Å². The summed E-state index contributed by atoms with van der Waals surface area (Å²) in [6, 6.07) is 6.45. The second-order valence-electron chi connectivity index (χ2n) is 4.04. The summed E-state index contributed by atoms with van der Waals surface area (Å²) in [7, 11) is 0. The molecule has 0 aromatic heterocycles. The second-order valence-corrected chi connectivity index (χ2v) is 4.04. The minimum Gasteiger partial charge on any atom is -0.330 e. The van der Waals surface area contributed by atoms with Crippen LogP contribution in [0, 0.1) is 13.8 Å². The fourth-order valence-electron chi connectivity index (χ4n) is 1.74. The zero-order chi connectivity index (χ0) is 11.1. The summed E-state index contributed by atoms with van der Waals surface area (Å²) in [6.07, 6.45) is 2.28. The first kappa shape index (κ1) is 12.2. The number of unbranched alkanes of at least 4 members (excludes halogenated alkanes) is 1. The fourth-order valence-corrected chi connectivity index (χ4v) is 1.74. The van der Waals surface area contributed by atoms with Crippen molar-refractivity contribution in [1.82, 2.24) is 5.32 Å².